The van der Waals surface area contributed by atoms with Crippen LogP contribution in [0.2, 0.25) is 5.15 Å². The van der Waals surface area contributed by atoms with Crippen molar-refractivity contribution in [2.24, 2.45) is 5.73 Å². The number of aromatic nitrogens is 2. The number of hydrogen-bond acceptors (Lipinski definition) is 6. The minimum atomic E-state index is -0.346. The highest BCUT2D eigenvalue weighted by atomic mass is 35.5. The van der Waals surface area contributed by atoms with Crippen molar-refractivity contribution >= 4 is 29.3 Å². The molecule has 21 heavy (non-hydrogen) atoms. The molecule has 0 aliphatic carbocycles. The predicted octanol–water partition coefficient (Wildman–Crippen LogP) is 0.421. The van der Waals surface area contributed by atoms with Crippen LogP contribution in [0.1, 0.15) is 12.8 Å². The number of hydrogen-bond donors (Lipinski definition) is 1. The number of primary amides is 1. The van der Waals surface area contributed by atoms with Crippen LogP contribution < -0.4 is 15.5 Å². The summed E-state index contributed by atoms with van der Waals surface area (Å²) >= 11 is 6.12. The summed E-state index contributed by atoms with van der Waals surface area (Å²) in [6, 6.07) is 1.40. The number of nitrogens with two attached hydrogens (primary N) is 1. The molecule has 0 spiro atoms. The maximum Gasteiger partial charge on any atom is 0.240 e. The second-order valence-corrected chi connectivity index (χ2v) is 5.59. The molecule has 2 fully saturated rings. The number of halogens is 1. The van der Waals surface area contributed by atoms with Crippen molar-refractivity contribution < 1.29 is 9.53 Å². The SMILES string of the molecule is NC(=O)[C@@H]1CCCN1c1nc(Cl)cc(N2CCOCC2)n1. The molecule has 1 aromatic rings. The molecule has 2 aliphatic heterocycles. The average molecular weight is 312 g/mol. The molecule has 8 heteroatoms. The largest absolute Gasteiger partial charge is 0.378 e. The fraction of sp³-hybridized carbons (Fsp3) is 0.615. The minimum absolute atomic E-state index is 0.344. The maximum absolute atomic E-state index is 11.5. The summed E-state index contributed by atoms with van der Waals surface area (Å²) in [5, 5.41) is 0.372. The van der Waals surface area contributed by atoms with E-state index in [1.54, 1.807) is 6.07 Å². The third-order valence-corrected chi connectivity index (χ3v) is 4.04. The summed E-state index contributed by atoms with van der Waals surface area (Å²) in [6.45, 7) is 3.60. The molecule has 2 N–H and O–H groups in total. The molecule has 2 saturated heterocycles. The number of carbonyl (C=O) groups is 1. The lowest BCUT2D eigenvalue weighted by atomic mass is 10.2. The van der Waals surface area contributed by atoms with Gasteiger partial charge >= 0.3 is 0 Å². The maximum atomic E-state index is 11.5. The zero-order valence-corrected chi connectivity index (χ0v) is 12.4. The molecule has 1 aromatic heterocycles. The number of rotatable bonds is 3. The van der Waals surface area contributed by atoms with Gasteiger partial charge in [-0.3, -0.25) is 4.79 Å². The first-order chi connectivity index (χ1) is 10.1. The number of carbonyl (C=O) groups excluding carboxylic acids is 1. The van der Waals surface area contributed by atoms with E-state index in [0.29, 0.717) is 24.3 Å². The Kier molecular flexibility index (Phi) is 4.12. The molecule has 0 unspecified atom stereocenters. The molecule has 0 bridgehead atoms. The Hall–Kier alpha value is -1.60. The van der Waals surface area contributed by atoms with Crippen LogP contribution in [-0.2, 0) is 9.53 Å². The van der Waals surface area contributed by atoms with Crippen LogP contribution in [0, 0.1) is 0 Å². The number of ether oxygens (including phenoxy) is 1. The molecular formula is C13H18ClN5O2. The predicted molar refractivity (Wildman–Crippen MR) is 79.6 cm³/mol. The van der Waals surface area contributed by atoms with E-state index in [-0.39, 0.29) is 11.9 Å². The van der Waals surface area contributed by atoms with Gasteiger partial charge in [0.2, 0.25) is 11.9 Å². The zero-order valence-electron chi connectivity index (χ0n) is 11.7. The number of nitrogens with zero attached hydrogens (tertiary/aromatic N) is 4. The van der Waals surface area contributed by atoms with Crippen molar-refractivity contribution in [3.63, 3.8) is 0 Å². The van der Waals surface area contributed by atoms with Gasteiger partial charge in [-0.1, -0.05) is 11.6 Å². The third kappa shape index (κ3) is 3.03. The highest BCUT2D eigenvalue weighted by Crippen LogP contribution is 2.26. The van der Waals surface area contributed by atoms with Gasteiger partial charge in [-0.25, -0.2) is 4.98 Å². The summed E-state index contributed by atoms with van der Waals surface area (Å²) in [5.41, 5.74) is 5.45. The quantitative estimate of drug-likeness (QED) is 0.815. The lowest BCUT2D eigenvalue weighted by Crippen LogP contribution is -2.42. The molecule has 2 aliphatic rings. The molecule has 7 nitrogen and oxygen atoms in total. The zero-order chi connectivity index (χ0) is 14.8. The van der Waals surface area contributed by atoms with E-state index in [4.69, 9.17) is 22.1 Å². The fourth-order valence-corrected chi connectivity index (χ4v) is 2.95. The Morgan fingerprint density at radius 2 is 2.10 bits per heavy atom. The van der Waals surface area contributed by atoms with E-state index in [1.807, 2.05) is 4.90 Å². The second kappa shape index (κ2) is 6.03. The van der Waals surface area contributed by atoms with Crippen LogP contribution in [0.5, 0.6) is 0 Å². The normalized spacial score (nSPS) is 22.6. The van der Waals surface area contributed by atoms with Gasteiger partial charge in [0.15, 0.2) is 0 Å². The Morgan fingerprint density at radius 1 is 1.33 bits per heavy atom. The van der Waals surface area contributed by atoms with Gasteiger partial charge in [0.05, 0.1) is 13.2 Å². The Bertz CT molecular complexity index is 535. The first kappa shape index (κ1) is 14.3. The molecule has 114 valence electrons. The van der Waals surface area contributed by atoms with Crippen LogP contribution in [0.15, 0.2) is 6.07 Å². The van der Waals surface area contributed by atoms with E-state index in [9.17, 15) is 4.79 Å². The molecule has 0 saturated carbocycles. The van der Waals surface area contributed by atoms with Crippen molar-refractivity contribution in [3.8, 4) is 0 Å². The van der Waals surface area contributed by atoms with E-state index in [2.05, 4.69) is 14.9 Å². The summed E-state index contributed by atoms with van der Waals surface area (Å²) in [7, 11) is 0. The van der Waals surface area contributed by atoms with Crippen molar-refractivity contribution in [1.29, 1.82) is 0 Å². The average Bonchev–Trinajstić information content (AvgIpc) is 2.97. The van der Waals surface area contributed by atoms with Gasteiger partial charge in [-0.2, -0.15) is 4.98 Å². The third-order valence-electron chi connectivity index (χ3n) is 3.84. The first-order valence-electron chi connectivity index (χ1n) is 7.08. The highest BCUT2D eigenvalue weighted by Gasteiger charge is 2.31. The number of morpholine rings is 1. The topological polar surface area (TPSA) is 84.6 Å². The van der Waals surface area contributed by atoms with E-state index >= 15 is 0 Å². The van der Waals surface area contributed by atoms with Gasteiger partial charge in [0, 0.05) is 25.7 Å². The van der Waals surface area contributed by atoms with Crippen LogP contribution in [-0.4, -0.2) is 54.8 Å². The van der Waals surface area contributed by atoms with E-state index in [0.717, 1.165) is 38.3 Å². The van der Waals surface area contributed by atoms with Crippen molar-refractivity contribution in [2.45, 2.75) is 18.9 Å². The second-order valence-electron chi connectivity index (χ2n) is 5.20. The lowest BCUT2D eigenvalue weighted by Gasteiger charge is -2.29. The molecule has 1 atom stereocenters. The van der Waals surface area contributed by atoms with Gasteiger partial charge < -0.3 is 20.3 Å². The van der Waals surface area contributed by atoms with Crippen LogP contribution in [0.3, 0.4) is 0 Å². The van der Waals surface area contributed by atoms with Crippen LogP contribution in [0.4, 0.5) is 11.8 Å². The van der Waals surface area contributed by atoms with Crippen LogP contribution in [0.25, 0.3) is 0 Å². The van der Waals surface area contributed by atoms with Gasteiger partial charge in [0.1, 0.15) is 17.0 Å². The smallest absolute Gasteiger partial charge is 0.240 e. The standard InChI is InChI=1S/C13H18ClN5O2/c14-10-8-11(18-4-6-21-7-5-18)17-13(16-10)19-3-1-2-9(19)12(15)20/h8-9H,1-7H2,(H2,15,20)/t9-/m0/s1. The first-order valence-corrected chi connectivity index (χ1v) is 7.46. The lowest BCUT2D eigenvalue weighted by molar-refractivity contribution is -0.119. The van der Waals surface area contributed by atoms with Gasteiger partial charge in [-0.05, 0) is 12.8 Å². The molecule has 0 aromatic carbocycles. The van der Waals surface area contributed by atoms with Crippen molar-refractivity contribution in [1.82, 2.24) is 9.97 Å². The Balaban J connectivity index is 1.88. The van der Waals surface area contributed by atoms with E-state index < -0.39 is 0 Å². The monoisotopic (exact) mass is 311 g/mol. The Labute approximate surface area is 128 Å². The molecule has 0 radical (unpaired) electrons. The molecule has 3 rings (SSSR count). The highest BCUT2D eigenvalue weighted by molar-refractivity contribution is 6.29. The number of anilines is 2. The minimum Gasteiger partial charge on any atom is -0.378 e. The summed E-state index contributed by atoms with van der Waals surface area (Å²) < 4.78 is 5.34. The fourth-order valence-electron chi connectivity index (χ4n) is 2.78. The number of amides is 1. The van der Waals surface area contributed by atoms with Crippen molar-refractivity contribution in [2.75, 3.05) is 42.6 Å². The molecule has 3 heterocycles. The molecular weight excluding hydrogens is 294 g/mol. The summed E-state index contributed by atoms with van der Waals surface area (Å²) in [6.07, 6.45) is 1.63. The van der Waals surface area contributed by atoms with Crippen molar-refractivity contribution in [3.05, 3.63) is 11.2 Å². The summed E-state index contributed by atoms with van der Waals surface area (Å²) in [4.78, 5) is 24.3. The summed E-state index contributed by atoms with van der Waals surface area (Å²) in [5.74, 6) is 0.901. The molecule has 1 amide bonds. The van der Waals surface area contributed by atoms with E-state index in [1.165, 1.54) is 0 Å². The van der Waals surface area contributed by atoms with Gasteiger partial charge in [-0.15, -0.1) is 0 Å². The van der Waals surface area contributed by atoms with Crippen LogP contribution >= 0.6 is 11.6 Å². The Morgan fingerprint density at radius 3 is 2.81 bits per heavy atom. The van der Waals surface area contributed by atoms with Gasteiger partial charge in [0.25, 0.3) is 0 Å².